The van der Waals surface area contributed by atoms with Gasteiger partial charge in [0.1, 0.15) is 0 Å². The molecule has 0 saturated carbocycles. The van der Waals surface area contributed by atoms with Crippen LogP contribution in [0.25, 0.3) is 0 Å². The molecule has 0 amide bonds. The van der Waals surface area contributed by atoms with Gasteiger partial charge in [-0.25, -0.2) is 8.42 Å². The quantitative estimate of drug-likeness (QED) is 0.909. The van der Waals surface area contributed by atoms with Crippen LogP contribution in [-0.2, 0) is 10.0 Å². The monoisotopic (exact) mass is 310 g/mol. The van der Waals surface area contributed by atoms with Crippen molar-refractivity contribution < 1.29 is 8.42 Å². The van der Waals surface area contributed by atoms with E-state index in [9.17, 15) is 8.42 Å². The first-order valence-corrected chi connectivity index (χ1v) is 9.07. The van der Waals surface area contributed by atoms with E-state index in [0.717, 1.165) is 12.0 Å². The van der Waals surface area contributed by atoms with Crippen LogP contribution < -0.4 is 5.32 Å². The number of benzene rings is 1. The highest BCUT2D eigenvalue weighted by molar-refractivity contribution is 7.89. The zero-order chi connectivity index (χ0) is 15.6. The van der Waals surface area contributed by atoms with Gasteiger partial charge >= 0.3 is 0 Å². The van der Waals surface area contributed by atoms with Crippen molar-refractivity contribution in [3.63, 3.8) is 0 Å². The topological polar surface area (TPSA) is 49.4 Å². The van der Waals surface area contributed by atoms with Crippen molar-refractivity contribution in [2.24, 2.45) is 11.8 Å². The third-order valence-electron chi connectivity index (χ3n) is 4.58. The van der Waals surface area contributed by atoms with Gasteiger partial charge in [0.15, 0.2) is 0 Å². The van der Waals surface area contributed by atoms with E-state index in [1.54, 1.807) is 16.4 Å². The van der Waals surface area contributed by atoms with Gasteiger partial charge in [0, 0.05) is 19.1 Å². The van der Waals surface area contributed by atoms with Crippen LogP contribution in [0.5, 0.6) is 0 Å². The Morgan fingerprint density at radius 3 is 2.29 bits per heavy atom. The normalized spacial score (nSPS) is 21.9. The summed E-state index contributed by atoms with van der Waals surface area (Å²) in [5, 5.41) is 3.15. The Morgan fingerprint density at radius 2 is 1.81 bits per heavy atom. The molecule has 2 rings (SSSR count). The Labute approximate surface area is 128 Å². The average Bonchev–Trinajstić information content (AvgIpc) is 2.97. The molecule has 0 bridgehead atoms. The molecule has 0 radical (unpaired) electrons. The van der Waals surface area contributed by atoms with E-state index >= 15 is 0 Å². The lowest BCUT2D eigenvalue weighted by Gasteiger charge is -2.18. The highest BCUT2D eigenvalue weighted by Gasteiger charge is 2.33. The number of hydrogen-bond donors (Lipinski definition) is 1. The van der Waals surface area contributed by atoms with Crippen molar-refractivity contribution in [3.8, 4) is 0 Å². The standard InChI is InChI=1S/C16H26N2O2S/c1-12(2)15-9-10-18(11-15)21(19,20)16-7-5-14(6-8-16)13(3)17-4/h5-8,12-13,15,17H,9-11H2,1-4H3. The molecule has 4 nitrogen and oxygen atoms in total. The second kappa shape index (κ2) is 6.46. The molecule has 1 aliphatic rings. The molecule has 1 aliphatic heterocycles. The number of nitrogens with one attached hydrogen (secondary N) is 1. The highest BCUT2D eigenvalue weighted by atomic mass is 32.2. The lowest BCUT2D eigenvalue weighted by molar-refractivity contribution is 0.388. The van der Waals surface area contributed by atoms with E-state index in [4.69, 9.17) is 0 Å². The Morgan fingerprint density at radius 1 is 1.19 bits per heavy atom. The molecule has 1 aromatic carbocycles. The van der Waals surface area contributed by atoms with Crippen LogP contribution in [0.3, 0.4) is 0 Å². The molecular formula is C16H26N2O2S. The third kappa shape index (κ3) is 3.47. The first-order valence-electron chi connectivity index (χ1n) is 7.63. The predicted molar refractivity (Wildman–Crippen MR) is 85.6 cm³/mol. The van der Waals surface area contributed by atoms with Crippen LogP contribution in [0.15, 0.2) is 29.2 Å². The number of hydrogen-bond acceptors (Lipinski definition) is 3. The minimum atomic E-state index is -3.34. The highest BCUT2D eigenvalue weighted by Crippen LogP contribution is 2.29. The van der Waals surface area contributed by atoms with Crippen molar-refractivity contribution >= 4 is 10.0 Å². The summed E-state index contributed by atoms with van der Waals surface area (Å²) in [6.45, 7) is 7.66. The predicted octanol–water partition coefficient (Wildman–Crippen LogP) is 2.63. The molecule has 1 N–H and O–H groups in total. The summed E-state index contributed by atoms with van der Waals surface area (Å²) in [5.41, 5.74) is 1.10. The number of rotatable bonds is 5. The molecule has 21 heavy (non-hydrogen) atoms. The van der Waals surface area contributed by atoms with Gasteiger partial charge in [-0.1, -0.05) is 26.0 Å². The molecule has 118 valence electrons. The van der Waals surface area contributed by atoms with Crippen LogP contribution in [0.2, 0.25) is 0 Å². The zero-order valence-electron chi connectivity index (χ0n) is 13.3. The van der Waals surface area contributed by atoms with E-state index in [0.29, 0.717) is 29.8 Å². The molecule has 5 heteroatoms. The molecule has 0 aromatic heterocycles. The zero-order valence-corrected chi connectivity index (χ0v) is 14.2. The van der Waals surface area contributed by atoms with Gasteiger partial charge in [0.2, 0.25) is 10.0 Å². The summed E-state index contributed by atoms with van der Waals surface area (Å²) < 4.78 is 27.0. The fourth-order valence-corrected chi connectivity index (χ4v) is 4.27. The summed E-state index contributed by atoms with van der Waals surface area (Å²) in [7, 11) is -1.45. The molecule has 0 spiro atoms. The summed E-state index contributed by atoms with van der Waals surface area (Å²) in [5.74, 6) is 1.01. The van der Waals surface area contributed by atoms with Crippen LogP contribution in [0.1, 0.15) is 38.8 Å². The summed E-state index contributed by atoms with van der Waals surface area (Å²) in [6.07, 6.45) is 0.964. The molecule has 0 aliphatic carbocycles. The Bertz CT molecular complexity index is 566. The minimum Gasteiger partial charge on any atom is -0.313 e. The van der Waals surface area contributed by atoms with Gasteiger partial charge < -0.3 is 5.32 Å². The van der Waals surface area contributed by atoms with Crippen molar-refractivity contribution in [2.45, 2.75) is 38.1 Å². The summed E-state index contributed by atoms with van der Waals surface area (Å²) >= 11 is 0. The largest absolute Gasteiger partial charge is 0.313 e. The molecular weight excluding hydrogens is 284 g/mol. The Balaban J connectivity index is 2.17. The maximum Gasteiger partial charge on any atom is 0.243 e. The van der Waals surface area contributed by atoms with Crippen LogP contribution in [0.4, 0.5) is 0 Å². The van der Waals surface area contributed by atoms with Gasteiger partial charge in [0.05, 0.1) is 4.90 Å². The summed E-state index contributed by atoms with van der Waals surface area (Å²) in [4.78, 5) is 0.402. The van der Waals surface area contributed by atoms with Crippen LogP contribution >= 0.6 is 0 Å². The Kier molecular flexibility index (Phi) is 5.07. The molecule has 1 aromatic rings. The van der Waals surface area contributed by atoms with Crippen molar-refractivity contribution in [1.82, 2.24) is 9.62 Å². The second-order valence-corrected chi connectivity index (χ2v) is 8.17. The smallest absolute Gasteiger partial charge is 0.243 e. The number of sulfonamides is 1. The van der Waals surface area contributed by atoms with Gasteiger partial charge in [-0.05, 0) is 49.9 Å². The molecule has 2 unspecified atom stereocenters. The molecule has 1 heterocycles. The van der Waals surface area contributed by atoms with E-state index in [-0.39, 0.29) is 6.04 Å². The lowest BCUT2D eigenvalue weighted by atomic mass is 9.96. The third-order valence-corrected chi connectivity index (χ3v) is 6.46. The molecule has 1 saturated heterocycles. The van der Waals surface area contributed by atoms with E-state index in [2.05, 4.69) is 26.1 Å². The minimum absolute atomic E-state index is 0.221. The average molecular weight is 310 g/mol. The van der Waals surface area contributed by atoms with E-state index < -0.39 is 10.0 Å². The second-order valence-electron chi connectivity index (χ2n) is 6.24. The van der Waals surface area contributed by atoms with E-state index in [1.807, 2.05) is 19.2 Å². The fraction of sp³-hybridized carbons (Fsp3) is 0.625. The van der Waals surface area contributed by atoms with Crippen molar-refractivity contribution in [1.29, 1.82) is 0 Å². The SMILES string of the molecule is CNC(C)c1ccc(S(=O)(=O)N2CCC(C(C)C)C2)cc1. The maximum absolute atomic E-state index is 12.7. The van der Waals surface area contributed by atoms with Crippen LogP contribution in [0, 0.1) is 11.8 Å². The molecule has 1 fully saturated rings. The molecule has 2 atom stereocenters. The maximum atomic E-state index is 12.7. The van der Waals surface area contributed by atoms with Crippen molar-refractivity contribution in [3.05, 3.63) is 29.8 Å². The first-order chi connectivity index (χ1) is 9.86. The van der Waals surface area contributed by atoms with Gasteiger partial charge in [0.25, 0.3) is 0 Å². The first kappa shape index (κ1) is 16.5. The van der Waals surface area contributed by atoms with Gasteiger partial charge in [-0.15, -0.1) is 0 Å². The summed E-state index contributed by atoms with van der Waals surface area (Å²) in [6, 6.07) is 7.45. The lowest BCUT2D eigenvalue weighted by Crippen LogP contribution is -2.29. The number of nitrogens with zero attached hydrogens (tertiary/aromatic N) is 1. The van der Waals surface area contributed by atoms with Crippen molar-refractivity contribution in [2.75, 3.05) is 20.1 Å². The van der Waals surface area contributed by atoms with E-state index in [1.165, 1.54) is 0 Å². The Hall–Kier alpha value is -0.910. The fourth-order valence-electron chi connectivity index (χ4n) is 2.76. The van der Waals surface area contributed by atoms with Crippen LogP contribution in [-0.4, -0.2) is 32.9 Å². The van der Waals surface area contributed by atoms with Gasteiger partial charge in [-0.2, -0.15) is 4.31 Å². The van der Waals surface area contributed by atoms with Gasteiger partial charge in [-0.3, -0.25) is 0 Å².